The number of halogens is 4. The molecule has 154 valence electrons. The van der Waals surface area contributed by atoms with Crippen LogP contribution in [-0.4, -0.2) is 27.2 Å². The van der Waals surface area contributed by atoms with Gasteiger partial charge in [0, 0.05) is 22.9 Å². The van der Waals surface area contributed by atoms with Gasteiger partial charge in [-0.2, -0.15) is 5.10 Å². The molecule has 1 heterocycles. The van der Waals surface area contributed by atoms with E-state index in [1.54, 1.807) is 16.8 Å². The van der Waals surface area contributed by atoms with Crippen molar-refractivity contribution in [1.29, 1.82) is 0 Å². The number of rotatable bonds is 7. The number of hydrogen-bond donors (Lipinski definition) is 1. The van der Waals surface area contributed by atoms with Crippen LogP contribution in [0.25, 0.3) is 10.9 Å². The molecule has 0 bridgehead atoms. The van der Waals surface area contributed by atoms with Gasteiger partial charge in [0.25, 0.3) is 0 Å². The monoisotopic (exact) mass is 426 g/mol. The van der Waals surface area contributed by atoms with Crippen LogP contribution >= 0.6 is 11.6 Å². The minimum absolute atomic E-state index is 0.0140. The second-order valence-corrected chi connectivity index (χ2v) is 7.09. The number of carboxylic acid groups (broad SMARTS) is 1. The molecular weight excluding hydrogens is 409 g/mol. The van der Waals surface area contributed by atoms with Gasteiger partial charge >= 0.3 is 12.3 Å². The molecule has 0 aliphatic carbocycles. The average Bonchev–Trinajstić information content (AvgIpc) is 2.93. The molecule has 0 spiro atoms. The molecule has 0 unspecified atom stereocenters. The van der Waals surface area contributed by atoms with Crippen LogP contribution in [0.3, 0.4) is 0 Å². The zero-order chi connectivity index (χ0) is 21.2. The maximum Gasteiger partial charge on any atom is 0.573 e. The summed E-state index contributed by atoms with van der Waals surface area (Å²) in [6.07, 6.45) is -4.04. The van der Waals surface area contributed by atoms with Crippen molar-refractivity contribution in [3.8, 4) is 5.75 Å². The molecule has 0 atom stereocenters. The lowest BCUT2D eigenvalue weighted by Gasteiger charge is -2.10. The third-order valence-electron chi connectivity index (χ3n) is 4.46. The van der Waals surface area contributed by atoms with Crippen LogP contribution in [0.5, 0.6) is 5.75 Å². The average molecular weight is 427 g/mol. The largest absolute Gasteiger partial charge is 0.573 e. The molecule has 29 heavy (non-hydrogen) atoms. The van der Waals surface area contributed by atoms with E-state index in [1.165, 1.54) is 18.2 Å². The zero-order valence-electron chi connectivity index (χ0n) is 15.5. The first-order valence-corrected chi connectivity index (χ1v) is 9.22. The van der Waals surface area contributed by atoms with Gasteiger partial charge < -0.3 is 9.84 Å². The fourth-order valence-electron chi connectivity index (χ4n) is 3.13. The molecule has 5 nitrogen and oxygen atoms in total. The second-order valence-electron chi connectivity index (χ2n) is 6.65. The van der Waals surface area contributed by atoms with E-state index < -0.39 is 12.3 Å². The summed E-state index contributed by atoms with van der Waals surface area (Å²) in [5.74, 6) is -1.25. The highest BCUT2D eigenvalue weighted by Crippen LogP contribution is 2.29. The lowest BCUT2D eigenvalue weighted by molar-refractivity contribution is -0.274. The standard InChI is InChI=1S/C20H18ClF3N2O3/c1-12-9-14(21)6-5-13(12)11-26-18-10-15(29-20(22,23)24)7-8-16(18)17(25-26)3-2-4-19(27)28/h5-10H,2-4,11H2,1H3,(H,27,28). The van der Waals surface area contributed by atoms with Crippen LogP contribution in [0, 0.1) is 6.92 Å². The van der Waals surface area contributed by atoms with Crippen molar-refractivity contribution in [1.82, 2.24) is 9.78 Å². The molecule has 0 amide bonds. The molecule has 0 radical (unpaired) electrons. The smallest absolute Gasteiger partial charge is 0.481 e. The number of hydrogen-bond acceptors (Lipinski definition) is 3. The first kappa shape index (κ1) is 21.0. The normalized spacial score (nSPS) is 11.8. The fraction of sp³-hybridized carbons (Fsp3) is 0.300. The molecule has 9 heteroatoms. The van der Waals surface area contributed by atoms with Crippen molar-refractivity contribution in [3.05, 3.63) is 58.2 Å². The minimum atomic E-state index is -4.80. The van der Waals surface area contributed by atoms with Gasteiger partial charge in [0.1, 0.15) is 5.75 Å². The Morgan fingerprint density at radius 2 is 2.00 bits per heavy atom. The topological polar surface area (TPSA) is 64.4 Å². The highest BCUT2D eigenvalue weighted by atomic mass is 35.5. The quantitative estimate of drug-likeness (QED) is 0.553. The van der Waals surface area contributed by atoms with E-state index in [0.717, 1.165) is 11.1 Å². The maximum atomic E-state index is 12.6. The number of carboxylic acids is 1. The molecular formula is C20H18ClF3N2O3. The second kappa shape index (κ2) is 8.32. The third-order valence-corrected chi connectivity index (χ3v) is 4.70. The van der Waals surface area contributed by atoms with E-state index in [1.807, 2.05) is 13.0 Å². The number of ether oxygens (including phenoxy) is 1. The van der Waals surface area contributed by atoms with E-state index >= 15 is 0 Å². The highest BCUT2D eigenvalue weighted by Gasteiger charge is 2.31. The summed E-state index contributed by atoms with van der Waals surface area (Å²) in [4.78, 5) is 10.8. The third kappa shape index (κ3) is 5.41. The van der Waals surface area contributed by atoms with Crippen LogP contribution < -0.4 is 4.74 Å². The molecule has 2 aromatic carbocycles. The van der Waals surface area contributed by atoms with Crippen molar-refractivity contribution < 1.29 is 27.8 Å². The van der Waals surface area contributed by atoms with Crippen LogP contribution in [0.2, 0.25) is 5.02 Å². The first-order chi connectivity index (χ1) is 13.6. The Bertz CT molecular complexity index is 1050. The van der Waals surface area contributed by atoms with Crippen molar-refractivity contribution >= 4 is 28.5 Å². The molecule has 0 fully saturated rings. The summed E-state index contributed by atoms with van der Waals surface area (Å²) in [5, 5.41) is 14.6. The van der Waals surface area contributed by atoms with Crippen LogP contribution in [0.15, 0.2) is 36.4 Å². The predicted molar refractivity (Wildman–Crippen MR) is 102 cm³/mol. The van der Waals surface area contributed by atoms with Gasteiger partial charge in [0.2, 0.25) is 0 Å². The van der Waals surface area contributed by atoms with Crippen LogP contribution in [0.1, 0.15) is 29.7 Å². The first-order valence-electron chi connectivity index (χ1n) is 8.84. The van der Waals surface area contributed by atoms with Gasteiger partial charge in [-0.15, -0.1) is 13.2 Å². The molecule has 3 rings (SSSR count). The molecule has 1 aromatic heterocycles. The van der Waals surface area contributed by atoms with Gasteiger partial charge in [-0.25, -0.2) is 0 Å². The minimum Gasteiger partial charge on any atom is -0.481 e. The van der Waals surface area contributed by atoms with E-state index in [-0.39, 0.29) is 12.2 Å². The Hall–Kier alpha value is -2.74. The lowest BCUT2D eigenvalue weighted by atomic mass is 10.1. The number of alkyl halides is 3. The summed E-state index contributed by atoms with van der Waals surface area (Å²) in [6, 6.07) is 9.42. The number of aliphatic carboxylic acids is 1. The lowest BCUT2D eigenvalue weighted by Crippen LogP contribution is -2.17. The Balaban J connectivity index is 2.00. The van der Waals surface area contributed by atoms with Gasteiger partial charge in [0.05, 0.1) is 17.8 Å². The van der Waals surface area contributed by atoms with Gasteiger partial charge in [-0.1, -0.05) is 17.7 Å². The van der Waals surface area contributed by atoms with E-state index in [4.69, 9.17) is 16.7 Å². The molecule has 0 saturated heterocycles. The summed E-state index contributed by atoms with van der Waals surface area (Å²) in [5.41, 5.74) is 2.95. The van der Waals surface area contributed by atoms with E-state index in [0.29, 0.717) is 41.0 Å². The summed E-state index contributed by atoms with van der Waals surface area (Å²) >= 11 is 5.99. The number of carbonyl (C=O) groups is 1. The molecule has 0 saturated carbocycles. The fourth-order valence-corrected chi connectivity index (χ4v) is 3.36. The summed E-state index contributed by atoms with van der Waals surface area (Å²) < 4.78 is 43.5. The predicted octanol–water partition coefficient (Wildman–Crippen LogP) is 5.35. The van der Waals surface area contributed by atoms with Crippen LogP contribution in [0.4, 0.5) is 13.2 Å². The number of aromatic nitrogens is 2. The van der Waals surface area contributed by atoms with Gasteiger partial charge in [0.15, 0.2) is 0 Å². The van der Waals surface area contributed by atoms with Gasteiger partial charge in [-0.3, -0.25) is 9.48 Å². The van der Waals surface area contributed by atoms with Crippen molar-refractivity contribution in [2.45, 2.75) is 39.1 Å². The number of benzene rings is 2. The maximum absolute atomic E-state index is 12.6. The van der Waals surface area contributed by atoms with Crippen molar-refractivity contribution in [2.24, 2.45) is 0 Å². The SMILES string of the molecule is Cc1cc(Cl)ccc1Cn1nc(CCCC(=O)O)c2ccc(OC(F)(F)F)cc21. The number of fused-ring (bicyclic) bond motifs is 1. The Morgan fingerprint density at radius 1 is 1.24 bits per heavy atom. The van der Waals surface area contributed by atoms with E-state index in [2.05, 4.69) is 9.84 Å². The summed E-state index contributed by atoms with van der Waals surface area (Å²) in [7, 11) is 0. The van der Waals surface area contributed by atoms with Gasteiger partial charge in [-0.05, 0) is 55.2 Å². The number of aryl methyl sites for hydroxylation is 2. The Morgan fingerprint density at radius 3 is 2.66 bits per heavy atom. The Labute approximate surface area is 169 Å². The van der Waals surface area contributed by atoms with Crippen molar-refractivity contribution in [3.63, 3.8) is 0 Å². The summed E-state index contributed by atoms with van der Waals surface area (Å²) in [6.45, 7) is 2.22. The zero-order valence-corrected chi connectivity index (χ0v) is 16.2. The van der Waals surface area contributed by atoms with Crippen molar-refractivity contribution in [2.75, 3.05) is 0 Å². The molecule has 1 N–H and O–H groups in total. The Kier molecular flexibility index (Phi) is 6.02. The number of nitrogens with zero attached hydrogens (tertiary/aromatic N) is 2. The van der Waals surface area contributed by atoms with E-state index in [9.17, 15) is 18.0 Å². The molecule has 0 aliphatic rings. The highest BCUT2D eigenvalue weighted by molar-refractivity contribution is 6.30. The molecule has 3 aromatic rings. The molecule has 0 aliphatic heterocycles. The van der Waals surface area contributed by atoms with Crippen LogP contribution in [-0.2, 0) is 17.8 Å².